The lowest BCUT2D eigenvalue weighted by Gasteiger charge is -2.10. The molecule has 0 saturated carbocycles. The molecule has 0 radical (unpaired) electrons. The highest BCUT2D eigenvalue weighted by Gasteiger charge is 2.30. The topological polar surface area (TPSA) is 42.0 Å². The molecule has 2 rings (SSSR count). The summed E-state index contributed by atoms with van der Waals surface area (Å²) in [5, 5.41) is 2.33. The van der Waals surface area contributed by atoms with E-state index in [0.717, 1.165) is 12.1 Å². The number of alkyl halides is 3. The lowest BCUT2D eigenvalue weighted by molar-refractivity contribution is -0.137. The van der Waals surface area contributed by atoms with Gasteiger partial charge in [0.1, 0.15) is 5.15 Å². The fourth-order valence-corrected chi connectivity index (χ4v) is 1.73. The van der Waals surface area contributed by atoms with Gasteiger partial charge in [-0.15, -0.1) is 12.4 Å². The molecule has 112 valence electrons. The number of nitrogens with zero attached hydrogens (tertiary/aromatic N) is 1. The van der Waals surface area contributed by atoms with Crippen molar-refractivity contribution in [3.63, 3.8) is 0 Å². The van der Waals surface area contributed by atoms with Gasteiger partial charge in [-0.2, -0.15) is 13.2 Å². The van der Waals surface area contributed by atoms with Crippen molar-refractivity contribution in [3.8, 4) is 0 Å². The van der Waals surface area contributed by atoms with Gasteiger partial charge in [-0.25, -0.2) is 4.98 Å². The van der Waals surface area contributed by atoms with Gasteiger partial charge >= 0.3 is 6.18 Å². The zero-order valence-corrected chi connectivity index (χ0v) is 11.9. The van der Waals surface area contributed by atoms with E-state index < -0.39 is 17.6 Å². The quantitative estimate of drug-likeness (QED) is 0.824. The number of carbonyl (C=O) groups excluding carboxylic acids is 1. The van der Waals surface area contributed by atoms with Crippen molar-refractivity contribution in [3.05, 3.63) is 58.9 Å². The van der Waals surface area contributed by atoms with E-state index in [2.05, 4.69) is 10.3 Å². The molecule has 0 saturated heterocycles. The van der Waals surface area contributed by atoms with Crippen LogP contribution >= 0.6 is 24.0 Å². The molecule has 0 unspecified atom stereocenters. The first-order valence-corrected chi connectivity index (χ1v) is 5.85. The average molecular weight is 337 g/mol. The largest absolute Gasteiger partial charge is 0.416 e. The van der Waals surface area contributed by atoms with Crippen molar-refractivity contribution >= 4 is 35.6 Å². The van der Waals surface area contributed by atoms with Crippen LogP contribution in [0.4, 0.5) is 18.9 Å². The SMILES string of the molecule is Cl.O=C(Nc1cccc(C(F)(F)F)c1)c1cccnc1Cl. The molecule has 1 heterocycles. The molecular weight excluding hydrogens is 328 g/mol. The van der Waals surface area contributed by atoms with Crippen molar-refractivity contribution in [1.29, 1.82) is 0 Å². The Morgan fingerprint density at radius 3 is 2.52 bits per heavy atom. The number of anilines is 1. The summed E-state index contributed by atoms with van der Waals surface area (Å²) in [6, 6.07) is 7.28. The average Bonchev–Trinajstić information content (AvgIpc) is 2.38. The van der Waals surface area contributed by atoms with Gasteiger partial charge in [-0.05, 0) is 30.3 Å². The van der Waals surface area contributed by atoms with Gasteiger partial charge in [0.15, 0.2) is 0 Å². The molecule has 21 heavy (non-hydrogen) atoms. The van der Waals surface area contributed by atoms with E-state index in [1.165, 1.54) is 30.5 Å². The number of nitrogens with one attached hydrogen (secondary N) is 1. The van der Waals surface area contributed by atoms with E-state index in [1.807, 2.05) is 0 Å². The summed E-state index contributed by atoms with van der Waals surface area (Å²) in [7, 11) is 0. The molecule has 0 aliphatic carbocycles. The third kappa shape index (κ3) is 4.34. The van der Waals surface area contributed by atoms with Crippen molar-refractivity contribution in [2.75, 3.05) is 5.32 Å². The monoisotopic (exact) mass is 336 g/mol. The van der Waals surface area contributed by atoms with Crippen LogP contribution in [0.15, 0.2) is 42.6 Å². The highest BCUT2D eigenvalue weighted by Crippen LogP contribution is 2.30. The highest BCUT2D eigenvalue weighted by molar-refractivity contribution is 6.33. The molecule has 1 aromatic carbocycles. The van der Waals surface area contributed by atoms with Crippen LogP contribution in [-0.2, 0) is 6.18 Å². The molecule has 0 spiro atoms. The maximum atomic E-state index is 12.5. The molecule has 0 aliphatic rings. The molecule has 0 bridgehead atoms. The summed E-state index contributed by atoms with van der Waals surface area (Å²) in [4.78, 5) is 15.6. The van der Waals surface area contributed by atoms with E-state index in [1.54, 1.807) is 0 Å². The van der Waals surface area contributed by atoms with Gasteiger partial charge in [0.2, 0.25) is 0 Å². The van der Waals surface area contributed by atoms with Crippen LogP contribution in [0.1, 0.15) is 15.9 Å². The first-order valence-electron chi connectivity index (χ1n) is 5.47. The first-order chi connectivity index (χ1) is 9.38. The highest BCUT2D eigenvalue weighted by atomic mass is 35.5. The number of aromatic nitrogens is 1. The number of amides is 1. The minimum atomic E-state index is -4.47. The number of benzene rings is 1. The van der Waals surface area contributed by atoms with Gasteiger partial charge in [0.05, 0.1) is 11.1 Å². The Kier molecular flexibility index (Phi) is 5.57. The predicted molar refractivity (Wildman–Crippen MR) is 75.9 cm³/mol. The van der Waals surface area contributed by atoms with Crippen LogP contribution in [0.3, 0.4) is 0 Å². The molecule has 1 amide bonds. The molecule has 2 aromatic rings. The maximum absolute atomic E-state index is 12.5. The fourth-order valence-electron chi connectivity index (χ4n) is 1.53. The Bertz CT molecular complexity index is 647. The molecule has 1 N–H and O–H groups in total. The Morgan fingerprint density at radius 1 is 1.19 bits per heavy atom. The summed E-state index contributed by atoms with van der Waals surface area (Å²) in [6.07, 6.45) is -3.06. The molecule has 0 aliphatic heterocycles. The number of hydrogen-bond donors (Lipinski definition) is 1. The molecular formula is C13H9Cl2F3N2O. The van der Waals surface area contributed by atoms with Gasteiger partial charge in [0, 0.05) is 11.9 Å². The van der Waals surface area contributed by atoms with Crippen molar-refractivity contribution in [1.82, 2.24) is 4.98 Å². The van der Waals surface area contributed by atoms with E-state index in [9.17, 15) is 18.0 Å². The zero-order valence-electron chi connectivity index (χ0n) is 10.3. The van der Waals surface area contributed by atoms with Crippen molar-refractivity contribution in [2.45, 2.75) is 6.18 Å². The number of pyridine rings is 1. The van der Waals surface area contributed by atoms with Crippen LogP contribution in [0, 0.1) is 0 Å². The number of hydrogen-bond acceptors (Lipinski definition) is 2. The van der Waals surface area contributed by atoms with E-state index in [0.29, 0.717) is 0 Å². The van der Waals surface area contributed by atoms with Crippen LogP contribution < -0.4 is 5.32 Å². The Labute approximate surface area is 129 Å². The molecule has 0 fully saturated rings. The number of rotatable bonds is 2. The van der Waals surface area contributed by atoms with Gasteiger partial charge in [-0.3, -0.25) is 4.79 Å². The fraction of sp³-hybridized carbons (Fsp3) is 0.0769. The second kappa shape index (κ2) is 6.78. The summed E-state index contributed by atoms with van der Waals surface area (Å²) in [5.41, 5.74) is -0.719. The summed E-state index contributed by atoms with van der Waals surface area (Å²) in [6.45, 7) is 0. The van der Waals surface area contributed by atoms with Gasteiger partial charge in [-0.1, -0.05) is 17.7 Å². The van der Waals surface area contributed by atoms with Crippen molar-refractivity contribution < 1.29 is 18.0 Å². The smallest absolute Gasteiger partial charge is 0.322 e. The molecule has 8 heteroatoms. The van der Waals surface area contributed by atoms with Gasteiger partial charge in [0.25, 0.3) is 5.91 Å². The van der Waals surface area contributed by atoms with E-state index >= 15 is 0 Å². The second-order valence-corrected chi connectivity index (χ2v) is 4.23. The predicted octanol–water partition coefficient (Wildman–Crippen LogP) is 4.43. The number of carbonyl (C=O) groups is 1. The first kappa shape index (κ1) is 17.3. The molecule has 3 nitrogen and oxygen atoms in total. The van der Waals surface area contributed by atoms with Crippen LogP contribution in [0.5, 0.6) is 0 Å². The maximum Gasteiger partial charge on any atom is 0.416 e. The minimum Gasteiger partial charge on any atom is -0.322 e. The van der Waals surface area contributed by atoms with Gasteiger partial charge < -0.3 is 5.32 Å². The summed E-state index contributed by atoms with van der Waals surface area (Å²) < 4.78 is 37.6. The zero-order chi connectivity index (χ0) is 14.8. The standard InChI is InChI=1S/C13H8ClF3N2O.ClH/c14-11-10(5-2-6-18-11)12(20)19-9-4-1-3-8(7-9)13(15,16)17;/h1-7H,(H,19,20);1H. The Balaban J connectivity index is 0.00000220. The third-order valence-corrected chi connectivity index (χ3v) is 2.75. The summed E-state index contributed by atoms with van der Waals surface area (Å²) in [5.74, 6) is -0.623. The van der Waals surface area contributed by atoms with Crippen LogP contribution in [0.2, 0.25) is 5.15 Å². The Morgan fingerprint density at radius 2 is 1.90 bits per heavy atom. The van der Waals surface area contributed by atoms with E-state index in [-0.39, 0.29) is 28.8 Å². The summed E-state index contributed by atoms with van der Waals surface area (Å²) >= 11 is 5.74. The number of halogens is 5. The molecule has 0 atom stereocenters. The minimum absolute atomic E-state index is 0. The molecule has 1 aromatic heterocycles. The van der Waals surface area contributed by atoms with Crippen molar-refractivity contribution in [2.24, 2.45) is 0 Å². The van der Waals surface area contributed by atoms with Crippen LogP contribution in [0.25, 0.3) is 0 Å². The third-order valence-electron chi connectivity index (χ3n) is 2.45. The lowest BCUT2D eigenvalue weighted by Crippen LogP contribution is -2.14. The van der Waals surface area contributed by atoms with Crippen LogP contribution in [-0.4, -0.2) is 10.9 Å². The normalized spacial score (nSPS) is 10.7. The van der Waals surface area contributed by atoms with E-state index in [4.69, 9.17) is 11.6 Å². The Hall–Kier alpha value is -1.79. The second-order valence-electron chi connectivity index (χ2n) is 3.87. The lowest BCUT2D eigenvalue weighted by atomic mass is 10.2.